The number of nitrogens with zero attached hydrogens (tertiary/aromatic N) is 2. The summed E-state index contributed by atoms with van der Waals surface area (Å²) in [5, 5.41) is 16.0. The lowest BCUT2D eigenvalue weighted by molar-refractivity contribution is 0.00495. The normalized spacial score (nSPS) is 19.7. The quantitative estimate of drug-likeness (QED) is 0.834. The van der Waals surface area contributed by atoms with E-state index in [2.05, 4.69) is 25.9 Å². The van der Waals surface area contributed by atoms with Gasteiger partial charge in [-0.2, -0.15) is 5.10 Å². The van der Waals surface area contributed by atoms with Crippen LogP contribution in [0.3, 0.4) is 0 Å². The molecule has 114 valence electrons. The van der Waals surface area contributed by atoms with Gasteiger partial charge in [-0.15, -0.1) is 0 Å². The van der Waals surface area contributed by atoms with Gasteiger partial charge in [0.2, 0.25) is 0 Å². The zero-order valence-electron chi connectivity index (χ0n) is 12.9. The first-order valence-electron chi connectivity index (χ1n) is 7.89. The van der Waals surface area contributed by atoms with Crippen LogP contribution in [-0.4, -0.2) is 14.9 Å². The molecule has 1 heterocycles. The van der Waals surface area contributed by atoms with Crippen LogP contribution in [0.1, 0.15) is 71.1 Å². The number of aromatic nitrogens is 2. The molecule has 1 unspecified atom stereocenters. The molecule has 0 aliphatic heterocycles. The van der Waals surface area contributed by atoms with Gasteiger partial charge in [0.25, 0.3) is 0 Å². The Kier molecular flexibility index (Phi) is 5.14. The van der Waals surface area contributed by atoms with Crippen molar-refractivity contribution in [3.05, 3.63) is 16.9 Å². The molecule has 1 aliphatic rings. The molecule has 20 heavy (non-hydrogen) atoms. The lowest BCUT2D eigenvalue weighted by Gasteiger charge is -2.36. The van der Waals surface area contributed by atoms with Crippen LogP contribution < -0.4 is 0 Å². The Morgan fingerprint density at radius 1 is 1.40 bits per heavy atom. The summed E-state index contributed by atoms with van der Waals surface area (Å²) in [6, 6.07) is 0. The van der Waals surface area contributed by atoms with E-state index in [0.29, 0.717) is 10.9 Å². The third kappa shape index (κ3) is 3.04. The van der Waals surface area contributed by atoms with Crippen molar-refractivity contribution in [3.8, 4) is 0 Å². The van der Waals surface area contributed by atoms with Gasteiger partial charge in [-0.25, -0.2) is 0 Å². The number of aliphatic hydroxyl groups excluding tert-OH is 1. The maximum atomic E-state index is 11.1. The zero-order chi connectivity index (χ0) is 14.8. The Morgan fingerprint density at radius 2 is 2.05 bits per heavy atom. The summed E-state index contributed by atoms with van der Waals surface area (Å²) in [6.45, 7) is 7.40. The molecule has 1 atom stereocenters. The fraction of sp³-hybridized carbons (Fsp3) is 0.812. The van der Waals surface area contributed by atoms with Crippen molar-refractivity contribution in [2.75, 3.05) is 0 Å². The van der Waals surface area contributed by atoms with Crippen LogP contribution in [0.2, 0.25) is 5.02 Å². The van der Waals surface area contributed by atoms with Gasteiger partial charge >= 0.3 is 0 Å². The zero-order valence-corrected chi connectivity index (χ0v) is 13.7. The van der Waals surface area contributed by atoms with Gasteiger partial charge in [-0.1, -0.05) is 45.2 Å². The molecule has 0 amide bonds. The van der Waals surface area contributed by atoms with Crippen LogP contribution in [0.25, 0.3) is 0 Å². The summed E-state index contributed by atoms with van der Waals surface area (Å²) in [6.07, 6.45) is 7.85. The van der Waals surface area contributed by atoms with Crippen LogP contribution >= 0.6 is 11.6 Å². The van der Waals surface area contributed by atoms with Gasteiger partial charge in [-0.3, -0.25) is 4.68 Å². The van der Waals surface area contributed by atoms with E-state index in [-0.39, 0.29) is 5.41 Å². The third-order valence-electron chi connectivity index (χ3n) is 4.52. The molecule has 1 aromatic rings. The fourth-order valence-corrected chi connectivity index (χ4v) is 4.05. The van der Waals surface area contributed by atoms with Crippen molar-refractivity contribution in [2.24, 2.45) is 11.3 Å². The molecule has 1 N–H and O–H groups in total. The number of hydrogen-bond acceptors (Lipinski definition) is 2. The van der Waals surface area contributed by atoms with E-state index in [0.717, 1.165) is 37.9 Å². The predicted molar refractivity (Wildman–Crippen MR) is 82.8 cm³/mol. The van der Waals surface area contributed by atoms with Gasteiger partial charge in [0.15, 0.2) is 0 Å². The topological polar surface area (TPSA) is 38.0 Å². The van der Waals surface area contributed by atoms with Crippen LogP contribution in [-0.2, 0) is 6.54 Å². The molecular formula is C16H27ClN2O. The molecule has 0 aromatic carbocycles. The van der Waals surface area contributed by atoms with Gasteiger partial charge in [0.05, 0.1) is 16.9 Å². The number of hydrogen-bond donors (Lipinski definition) is 1. The Morgan fingerprint density at radius 3 is 2.60 bits per heavy atom. The lowest BCUT2D eigenvalue weighted by atomic mass is 9.73. The van der Waals surface area contributed by atoms with Crippen molar-refractivity contribution in [3.63, 3.8) is 0 Å². The van der Waals surface area contributed by atoms with E-state index in [9.17, 15) is 5.11 Å². The largest absolute Gasteiger partial charge is 0.386 e. The van der Waals surface area contributed by atoms with Crippen molar-refractivity contribution in [1.82, 2.24) is 9.78 Å². The van der Waals surface area contributed by atoms with Crippen LogP contribution in [0.15, 0.2) is 6.20 Å². The van der Waals surface area contributed by atoms with Crippen LogP contribution in [0.5, 0.6) is 0 Å². The van der Waals surface area contributed by atoms with E-state index < -0.39 is 6.10 Å². The number of halogens is 1. The average molecular weight is 299 g/mol. The van der Waals surface area contributed by atoms with Crippen molar-refractivity contribution in [2.45, 2.75) is 71.9 Å². The van der Waals surface area contributed by atoms with Crippen LogP contribution in [0.4, 0.5) is 0 Å². The van der Waals surface area contributed by atoms with Gasteiger partial charge in [-0.05, 0) is 31.6 Å². The highest BCUT2D eigenvalue weighted by Crippen LogP contribution is 2.52. The van der Waals surface area contributed by atoms with E-state index in [4.69, 9.17) is 11.6 Å². The summed E-state index contributed by atoms with van der Waals surface area (Å²) < 4.78 is 1.90. The lowest BCUT2D eigenvalue weighted by Crippen LogP contribution is -2.29. The molecule has 2 rings (SSSR count). The van der Waals surface area contributed by atoms with Crippen molar-refractivity contribution in [1.29, 1.82) is 0 Å². The van der Waals surface area contributed by atoms with Crippen LogP contribution in [0, 0.1) is 11.3 Å². The number of aliphatic hydroxyl groups is 1. The second-order valence-electron chi connectivity index (χ2n) is 6.67. The fourth-order valence-electron chi connectivity index (χ4n) is 3.81. The predicted octanol–water partition coefficient (Wildman–Crippen LogP) is 4.59. The summed E-state index contributed by atoms with van der Waals surface area (Å²) in [4.78, 5) is 0. The molecule has 1 aromatic heterocycles. The maximum absolute atomic E-state index is 11.1. The van der Waals surface area contributed by atoms with E-state index in [1.807, 2.05) is 4.68 Å². The van der Waals surface area contributed by atoms with E-state index >= 15 is 0 Å². The molecule has 1 saturated carbocycles. The Hall–Kier alpha value is -0.540. The van der Waals surface area contributed by atoms with Gasteiger partial charge < -0.3 is 5.11 Å². The highest BCUT2D eigenvalue weighted by atomic mass is 35.5. The number of aryl methyl sites for hydroxylation is 1. The molecule has 1 aliphatic carbocycles. The maximum Gasteiger partial charge on any atom is 0.103 e. The summed E-state index contributed by atoms with van der Waals surface area (Å²) in [7, 11) is 0. The highest BCUT2D eigenvalue weighted by molar-refractivity contribution is 6.31. The Labute approximate surface area is 127 Å². The average Bonchev–Trinajstić information content (AvgIpc) is 2.97. The second-order valence-corrected chi connectivity index (χ2v) is 7.08. The first kappa shape index (κ1) is 15.8. The molecule has 0 saturated heterocycles. The summed E-state index contributed by atoms with van der Waals surface area (Å²) in [5.74, 6) is 0.587. The first-order chi connectivity index (χ1) is 9.50. The smallest absolute Gasteiger partial charge is 0.103 e. The summed E-state index contributed by atoms with van der Waals surface area (Å²) in [5.41, 5.74) is 0.819. The molecule has 0 radical (unpaired) electrons. The van der Waals surface area contributed by atoms with Crippen molar-refractivity contribution >= 4 is 11.6 Å². The molecule has 4 heteroatoms. The van der Waals surface area contributed by atoms with E-state index in [1.165, 1.54) is 12.8 Å². The molecule has 0 spiro atoms. The molecule has 1 fully saturated rings. The Balaban J connectivity index is 2.32. The molecular weight excluding hydrogens is 272 g/mol. The molecule has 0 bridgehead atoms. The van der Waals surface area contributed by atoms with Crippen molar-refractivity contribution < 1.29 is 5.11 Å². The third-order valence-corrected chi connectivity index (χ3v) is 4.81. The van der Waals surface area contributed by atoms with Gasteiger partial charge in [0, 0.05) is 12.0 Å². The minimum Gasteiger partial charge on any atom is -0.386 e. The standard InChI is InChI=1S/C16H27ClN2O/c1-4-9-19-14(13(17)11-18-19)15(20)16(10-12(2)3)7-5-6-8-16/h11-12,15,20H,4-10H2,1-3H3. The highest BCUT2D eigenvalue weighted by Gasteiger charge is 2.43. The van der Waals surface area contributed by atoms with E-state index in [1.54, 1.807) is 6.20 Å². The first-order valence-corrected chi connectivity index (χ1v) is 8.27. The molecule has 3 nitrogen and oxygen atoms in total. The monoisotopic (exact) mass is 298 g/mol. The Bertz CT molecular complexity index is 436. The summed E-state index contributed by atoms with van der Waals surface area (Å²) >= 11 is 6.31. The SMILES string of the molecule is CCCn1ncc(Cl)c1C(O)C1(CC(C)C)CCCC1. The minimum atomic E-state index is -0.492. The number of rotatable bonds is 6. The minimum absolute atomic E-state index is 0.0106. The second kappa shape index (κ2) is 6.48. The van der Waals surface area contributed by atoms with Gasteiger partial charge in [0.1, 0.15) is 6.10 Å².